The summed E-state index contributed by atoms with van der Waals surface area (Å²) in [6.45, 7) is 0.758. The van der Waals surface area contributed by atoms with Crippen molar-refractivity contribution in [2.75, 3.05) is 6.54 Å². The number of fused-ring (bicyclic) bond motifs is 2. The largest absolute Gasteiger partial charge is 0.361 e. The maximum absolute atomic E-state index is 14.2. The van der Waals surface area contributed by atoms with Crippen molar-refractivity contribution in [1.29, 1.82) is 5.26 Å². The second-order valence-electron chi connectivity index (χ2n) is 8.36. The van der Waals surface area contributed by atoms with E-state index in [1.165, 1.54) is 6.07 Å². The Hall–Kier alpha value is -4.63. The molecule has 0 aliphatic carbocycles. The summed E-state index contributed by atoms with van der Waals surface area (Å²) in [5.41, 5.74) is 4.40. The summed E-state index contributed by atoms with van der Waals surface area (Å²) in [5.74, 6) is -0.687. The topological polar surface area (TPSA) is 73.6 Å². The standard InChI is InChI=1S/C29H23FN4O/c30-26-10-4-1-7-21(26)18-34-19-23(25-9-3-6-12-28(25)34)15-22(16-31)29(35)32-14-13-20-17-33-27-11-5-2-8-24(20)27/h1-12,15,17,19,33H,13-14,18H2,(H,32,35)/b22-15-. The van der Waals surface area contributed by atoms with Gasteiger partial charge in [-0.25, -0.2) is 4.39 Å². The van der Waals surface area contributed by atoms with Gasteiger partial charge in [-0.1, -0.05) is 54.6 Å². The van der Waals surface area contributed by atoms with E-state index in [2.05, 4.69) is 10.3 Å². The summed E-state index contributed by atoms with van der Waals surface area (Å²) in [4.78, 5) is 16.0. The number of nitriles is 1. The van der Waals surface area contributed by atoms with Gasteiger partial charge in [0.1, 0.15) is 17.5 Å². The highest BCUT2D eigenvalue weighted by atomic mass is 19.1. The van der Waals surface area contributed by atoms with Gasteiger partial charge in [0.15, 0.2) is 0 Å². The molecule has 2 N–H and O–H groups in total. The van der Waals surface area contributed by atoms with Crippen LogP contribution in [-0.2, 0) is 17.8 Å². The van der Waals surface area contributed by atoms with Crippen LogP contribution in [0.25, 0.3) is 27.9 Å². The number of H-pyrrole nitrogens is 1. The predicted molar refractivity (Wildman–Crippen MR) is 136 cm³/mol. The van der Waals surface area contributed by atoms with Gasteiger partial charge in [0.05, 0.1) is 6.54 Å². The van der Waals surface area contributed by atoms with E-state index in [9.17, 15) is 14.4 Å². The summed E-state index contributed by atoms with van der Waals surface area (Å²) in [7, 11) is 0. The Bertz CT molecular complexity index is 1600. The molecule has 0 atom stereocenters. The van der Waals surface area contributed by atoms with Crippen LogP contribution >= 0.6 is 0 Å². The Morgan fingerprint density at radius 1 is 1.00 bits per heavy atom. The number of carbonyl (C=O) groups excluding carboxylic acids is 1. The van der Waals surface area contributed by atoms with Crippen LogP contribution in [0.4, 0.5) is 4.39 Å². The van der Waals surface area contributed by atoms with Gasteiger partial charge in [0.2, 0.25) is 0 Å². The third-order valence-electron chi connectivity index (χ3n) is 6.14. The molecule has 0 bridgehead atoms. The minimum Gasteiger partial charge on any atom is -0.361 e. The van der Waals surface area contributed by atoms with Crippen molar-refractivity contribution in [3.05, 3.63) is 113 Å². The van der Waals surface area contributed by atoms with Crippen molar-refractivity contribution in [3.63, 3.8) is 0 Å². The molecule has 0 fully saturated rings. The second kappa shape index (κ2) is 9.70. The van der Waals surface area contributed by atoms with E-state index in [-0.39, 0.29) is 11.4 Å². The Morgan fingerprint density at radius 3 is 2.57 bits per heavy atom. The van der Waals surface area contributed by atoms with E-state index >= 15 is 0 Å². The normalized spacial score (nSPS) is 11.6. The van der Waals surface area contributed by atoms with Crippen LogP contribution in [0.1, 0.15) is 16.7 Å². The van der Waals surface area contributed by atoms with Crippen molar-refractivity contribution in [1.82, 2.24) is 14.9 Å². The molecule has 0 aliphatic rings. The van der Waals surface area contributed by atoms with Crippen LogP contribution in [0.2, 0.25) is 0 Å². The zero-order valence-corrected chi connectivity index (χ0v) is 19.0. The first-order valence-corrected chi connectivity index (χ1v) is 11.4. The molecule has 5 aromatic rings. The van der Waals surface area contributed by atoms with Crippen LogP contribution in [0, 0.1) is 17.1 Å². The lowest BCUT2D eigenvalue weighted by Crippen LogP contribution is -2.26. The third kappa shape index (κ3) is 4.57. The van der Waals surface area contributed by atoms with Gasteiger partial charge in [0.25, 0.3) is 5.91 Å². The molecule has 0 aliphatic heterocycles. The lowest BCUT2D eigenvalue weighted by atomic mass is 10.1. The summed E-state index contributed by atoms with van der Waals surface area (Å²) in [6.07, 6.45) is 6.05. The quantitative estimate of drug-likeness (QED) is 0.245. The highest BCUT2D eigenvalue weighted by Crippen LogP contribution is 2.25. The number of hydrogen-bond acceptors (Lipinski definition) is 2. The average molecular weight is 463 g/mol. The Morgan fingerprint density at radius 2 is 1.74 bits per heavy atom. The van der Waals surface area contributed by atoms with Crippen molar-refractivity contribution in [2.24, 2.45) is 0 Å². The van der Waals surface area contributed by atoms with E-state index in [4.69, 9.17) is 0 Å². The van der Waals surface area contributed by atoms with Crippen molar-refractivity contribution < 1.29 is 9.18 Å². The maximum Gasteiger partial charge on any atom is 0.261 e. The molecular formula is C29H23FN4O. The molecule has 0 unspecified atom stereocenters. The van der Waals surface area contributed by atoms with Crippen LogP contribution in [0.15, 0.2) is 90.8 Å². The number of aromatic nitrogens is 2. The number of aromatic amines is 1. The number of halogens is 1. The number of para-hydroxylation sites is 2. The van der Waals surface area contributed by atoms with Crippen LogP contribution in [0.3, 0.4) is 0 Å². The molecule has 3 aromatic carbocycles. The molecule has 2 aromatic heterocycles. The Labute approximate surface area is 202 Å². The Kier molecular flexibility index (Phi) is 6.15. The fourth-order valence-electron chi connectivity index (χ4n) is 4.38. The van der Waals surface area contributed by atoms with E-state index in [1.54, 1.807) is 24.3 Å². The number of carbonyl (C=O) groups is 1. The lowest BCUT2D eigenvalue weighted by molar-refractivity contribution is -0.117. The highest BCUT2D eigenvalue weighted by Gasteiger charge is 2.13. The van der Waals surface area contributed by atoms with Crippen LogP contribution < -0.4 is 5.32 Å². The van der Waals surface area contributed by atoms with Crippen LogP contribution in [-0.4, -0.2) is 22.0 Å². The second-order valence-corrected chi connectivity index (χ2v) is 8.36. The first-order valence-electron chi connectivity index (χ1n) is 11.4. The summed E-state index contributed by atoms with van der Waals surface area (Å²) in [5, 5.41) is 14.6. The van der Waals surface area contributed by atoms with Gasteiger partial charge >= 0.3 is 0 Å². The van der Waals surface area contributed by atoms with E-state index < -0.39 is 5.91 Å². The molecule has 5 nitrogen and oxygen atoms in total. The molecule has 0 radical (unpaired) electrons. The molecule has 1 amide bonds. The zero-order valence-electron chi connectivity index (χ0n) is 19.0. The average Bonchev–Trinajstić information content (AvgIpc) is 3.45. The van der Waals surface area contributed by atoms with Gasteiger partial charge in [-0.05, 0) is 36.3 Å². The number of nitrogens with one attached hydrogen (secondary N) is 2. The van der Waals surface area contributed by atoms with Gasteiger partial charge < -0.3 is 14.9 Å². The third-order valence-corrected chi connectivity index (χ3v) is 6.14. The number of nitrogens with zero attached hydrogens (tertiary/aromatic N) is 2. The molecule has 172 valence electrons. The van der Waals surface area contributed by atoms with Gasteiger partial charge in [-0.3, -0.25) is 4.79 Å². The van der Waals surface area contributed by atoms with Gasteiger partial charge in [-0.15, -0.1) is 0 Å². The molecule has 0 saturated carbocycles. The number of amides is 1. The van der Waals surface area contributed by atoms with Crippen molar-refractivity contribution in [3.8, 4) is 6.07 Å². The smallest absolute Gasteiger partial charge is 0.261 e. The number of rotatable bonds is 7. The van der Waals surface area contributed by atoms with E-state index in [1.807, 2.05) is 71.6 Å². The minimum atomic E-state index is -0.418. The fourth-order valence-corrected chi connectivity index (χ4v) is 4.38. The number of hydrogen-bond donors (Lipinski definition) is 2. The molecule has 6 heteroatoms. The first kappa shape index (κ1) is 22.2. The molecule has 0 spiro atoms. The summed E-state index contributed by atoms with van der Waals surface area (Å²) in [6, 6.07) is 24.4. The Balaban J connectivity index is 1.35. The lowest BCUT2D eigenvalue weighted by Gasteiger charge is -2.06. The molecule has 35 heavy (non-hydrogen) atoms. The molecule has 0 saturated heterocycles. The SMILES string of the molecule is N#C/C(=C/c1cn(Cc2ccccc2F)c2ccccc12)C(=O)NCCc1c[nH]c2ccccc12. The first-order chi connectivity index (χ1) is 17.1. The maximum atomic E-state index is 14.2. The van der Waals surface area contributed by atoms with Gasteiger partial charge in [-0.2, -0.15) is 5.26 Å². The van der Waals surface area contributed by atoms with Crippen LogP contribution in [0.5, 0.6) is 0 Å². The van der Waals surface area contributed by atoms with E-state index in [0.717, 1.165) is 32.9 Å². The van der Waals surface area contributed by atoms with Crippen molar-refractivity contribution >= 4 is 33.8 Å². The van der Waals surface area contributed by atoms with Gasteiger partial charge in [0, 0.05) is 51.9 Å². The minimum absolute atomic E-state index is 0.0257. The van der Waals surface area contributed by atoms with E-state index in [0.29, 0.717) is 25.1 Å². The van der Waals surface area contributed by atoms with Crippen molar-refractivity contribution in [2.45, 2.75) is 13.0 Å². The zero-order chi connectivity index (χ0) is 24.2. The number of benzene rings is 3. The monoisotopic (exact) mass is 462 g/mol. The molecule has 5 rings (SSSR count). The highest BCUT2D eigenvalue weighted by molar-refractivity contribution is 6.04. The molecular weight excluding hydrogens is 439 g/mol. The molecule has 2 heterocycles. The summed E-state index contributed by atoms with van der Waals surface area (Å²) >= 11 is 0. The fraction of sp³-hybridized carbons (Fsp3) is 0.103. The predicted octanol–water partition coefficient (Wildman–Crippen LogP) is 5.58. The summed E-state index contributed by atoms with van der Waals surface area (Å²) < 4.78 is 16.2.